The van der Waals surface area contributed by atoms with Crippen LogP contribution >= 0.6 is 11.6 Å². The summed E-state index contributed by atoms with van der Waals surface area (Å²) in [6.45, 7) is 2.19. The Morgan fingerprint density at radius 2 is 1.86 bits per heavy atom. The van der Waals surface area contributed by atoms with Gasteiger partial charge in [-0.3, -0.25) is 0 Å². The van der Waals surface area contributed by atoms with Crippen molar-refractivity contribution in [2.75, 3.05) is 18.0 Å². The number of rotatable bonds is 1. The third kappa shape index (κ3) is 1.30. The summed E-state index contributed by atoms with van der Waals surface area (Å²) in [5.41, 5.74) is 1.19. The van der Waals surface area contributed by atoms with Crippen LogP contribution in [0.15, 0.2) is 24.3 Å². The standard InChI is InChI=1S/C11H13ClN2/c12-10-3-1-2-4-11(10)14-6-8-5-9(7-14)13-8/h1-4,8-9,13H,5-7H2. The van der Waals surface area contributed by atoms with Crippen molar-refractivity contribution in [2.24, 2.45) is 0 Å². The first-order valence-corrected chi connectivity index (χ1v) is 5.46. The van der Waals surface area contributed by atoms with Crippen molar-refractivity contribution in [1.82, 2.24) is 5.32 Å². The number of nitrogens with zero attached hydrogens (tertiary/aromatic N) is 1. The van der Waals surface area contributed by atoms with E-state index in [0.717, 1.165) is 18.1 Å². The summed E-state index contributed by atoms with van der Waals surface area (Å²) in [7, 11) is 0. The Labute approximate surface area is 88.9 Å². The molecule has 3 saturated heterocycles. The second kappa shape index (κ2) is 3.14. The lowest BCUT2D eigenvalue weighted by Gasteiger charge is -2.49. The molecular weight excluding hydrogens is 196 g/mol. The summed E-state index contributed by atoms with van der Waals surface area (Å²) in [6.07, 6.45) is 1.33. The average Bonchev–Trinajstić information content (AvgIpc) is 2.17. The Balaban J connectivity index is 1.85. The van der Waals surface area contributed by atoms with Gasteiger partial charge in [0.2, 0.25) is 0 Å². The normalized spacial score (nSPS) is 29.9. The van der Waals surface area contributed by atoms with Crippen molar-refractivity contribution < 1.29 is 0 Å². The van der Waals surface area contributed by atoms with Gasteiger partial charge in [-0.15, -0.1) is 0 Å². The summed E-state index contributed by atoms with van der Waals surface area (Å²) in [4.78, 5) is 2.39. The number of hydrogen-bond acceptors (Lipinski definition) is 2. The van der Waals surface area contributed by atoms with E-state index in [4.69, 9.17) is 11.6 Å². The molecule has 3 fully saturated rings. The molecule has 2 unspecified atom stereocenters. The number of hydrogen-bond donors (Lipinski definition) is 1. The summed E-state index contributed by atoms with van der Waals surface area (Å²) >= 11 is 6.16. The third-order valence-corrected chi connectivity index (χ3v) is 3.43. The number of nitrogens with one attached hydrogen (secondary N) is 1. The SMILES string of the molecule is Clc1ccccc1N1CC2CC(C1)N2. The maximum atomic E-state index is 6.16. The van der Waals surface area contributed by atoms with E-state index in [1.54, 1.807) is 0 Å². The average molecular weight is 209 g/mol. The van der Waals surface area contributed by atoms with Crippen LogP contribution < -0.4 is 10.2 Å². The molecule has 1 aromatic carbocycles. The van der Waals surface area contributed by atoms with Gasteiger partial charge in [0, 0.05) is 25.2 Å². The lowest BCUT2D eigenvalue weighted by atomic mass is 9.91. The highest BCUT2D eigenvalue weighted by atomic mass is 35.5. The van der Waals surface area contributed by atoms with E-state index < -0.39 is 0 Å². The molecule has 1 N–H and O–H groups in total. The Morgan fingerprint density at radius 1 is 1.21 bits per heavy atom. The number of halogens is 1. The zero-order chi connectivity index (χ0) is 9.54. The highest BCUT2D eigenvalue weighted by Crippen LogP contribution is 2.30. The van der Waals surface area contributed by atoms with Gasteiger partial charge in [0.25, 0.3) is 0 Å². The first-order valence-electron chi connectivity index (χ1n) is 5.08. The van der Waals surface area contributed by atoms with E-state index >= 15 is 0 Å². The van der Waals surface area contributed by atoms with E-state index in [1.165, 1.54) is 12.1 Å². The van der Waals surface area contributed by atoms with Gasteiger partial charge in [0.05, 0.1) is 10.7 Å². The van der Waals surface area contributed by atoms with Crippen LogP contribution in [-0.2, 0) is 0 Å². The minimum absolute atomic E-state index is 0.685. The molecule has 0 radical (unpaired) electrons. The second-order valence-electron chi connectivity index (χ2n) is 4.15. The molecule has 2 atom stereocenters. The highest BCUT2D eigenvalue weighted by molar-refractivity contribution is 6.33. The highest BCUT2D eigenvalue weighted by Gasteiger charge is 2.36. The van der Waals surface area contributed by atoms with Crippen molar-refractivity contribution in [1.29, 1.82) is 0 Å². The van der Waals surface area contributed by atoms with Crippen molar-refractivity contribution in [2.45, 2.75) is 18.5 Å². The number of piperazine rings is 1. The summed E-state index contributed by atoms with van der Waals surface area (Å²) in [5, 5.41) is 4.38. The van der Waals surface area contributed by atoms with E-state index in [0.29, 0.717) is 12.1 Å². The molecule has 74 valence electrons. The molecule has 14 heavy (non-hydrogen) atoms. The summed E-state index contributed by atoms with van der Waals surface area (Å²) < 4.78 is 0. The fourth-order valence-corrected chi connectivity index (χ4v) is 2.67. The minimum atomic E-state index is 0.685. The van der Waals surface area contributed by atoms with E-state index in [-0.39, 0.29) is 0 Å². The number of piperidine rings is 1. The van der Waals surface area contributed by atoms with Crippen molar-refractivity contribution in [3.05, 3.63) is 29.3 Å². The van der Waals surface area contributed by atoms with Crippen LogP contribution in [-0.4, -0.2) is 25.2 Å². The molecule has 0 saturated carbocycles. The molecule has 4 rings (SSSR count). The monoisotopic (exact) mass is 208 g/mol. The predicted octanol–water partition coefficient (Wildman–Crippen LogP) is 1.89. The molecule has 3 heteroatoms. The molecule has 0 spiro atoms. The zero-order valence-electron chi connectivity index (χ0n) is 7.91. The summed E-state index contributed by atoms with van der Waals surface area (Å²) in [5.74, 6) is 0. The van der Waals surface area contributed by atoms with Gasteiger partial charge in [-0.25, -0.2) is 0 Å². The van der Waals surface area contributed by atoms with Crippen LogP contribution in [0.3, 0.4) is 0 Å². The van der Waals surface area contributed by atoms with Gasteiger partial charge in [0.15, 0.2) is 0 Å². The third-order valence-electron chi connectivity index (χ3n) is 3.12. The second-order valence-corrected chi connectivity index (χ2v) is 4.56. The largest absolute Gasteiger partial charge is 0.367 e. The molecule has 1 aromatic rings. The molecule has 3 aliphatic heterocycles. The molecule has 0 aromatic heterocycles. The molecule has 3 heterocycles. The lowest BCUT2D eigenvalue weighted by Crippen LogP contribution is -2.67. The Bertz CT molecular complexity index is 337. The van der Waals surface area contributed by atoms with Gasteiger partial charge < -0.3 is 10.2 Å². The smallest absolute Gasteiger partial charge is 0.0639 e. The number of para-hydroxylation sites is 1. The van der Waals surface area contributed by atoms with Crippen LogP contribution in [0.2, 0.25) is 5.02 Å². The fraction of sp³-hybridized carbons (Fsp3) is 0.455. The van der Waals surface area contributed by atoms with E-state index in [1.807, 2.05) is 12.1 Å². The van der Waals surface area contributed by atoms with Crippen molar-refractivity contribution in [3.8, 4) is 0 Å². The van der Waals surface area contributed by atoms with Crippen LogP contribution in [0.1, 0.15) is 6.42 Å². The minimum Gasteiger partial charge on any atom is -0.367 e. The van der Waals surface area contributed by atoms with Gasteiger partial charge in [-0.1, -0.05) is 23.7 Å². The van der Waals surface area contributed by atoms with Gasteiger partial charge in [-0.2, -0.15) is 0 Å². The predicted molar refractivity (Wildman–Crippen MR) is 59.0 cm³/mol. The summed E-state index contributed by atoms with van der Waals surface area (Å²) in [6, 6.07) is 9.47. The molecule has 2 nitrogen and oxygen atoms in total. The molecule has 0 aliphatic carbocycles. The molecule has 3 aliphatic rings. The van der Waals surface area contributed by atoms with Crippen LogP contribution in [0, 0.1) is 0 Å². The topological polar surface area (TPSA) is 15.3 Å². The van der Waals surface area contributed by atoms with Gasteiger partial charge in [0.1, 0.15) is 0 Å². The fourth-order valence-electron chi connectivity index (χ4n) is 2.42. The first kappa shape index (κ1) is 8.57. The van der Waals surface area contributed by atoms with Gasteiger partial charge in [-0.05, 0) is 18.6 Å². The molecular formula is C11H13ClN2. The number of benzene rings is 1. The Hall–Kier alpha value is -0.730. The number of anilines is 1. The zero-order valence-corrected chi connectivity index (χ0v) is 8.67. The maximum Gasteiger partial charge on any atom is 0.0639 e. The van der Waals surface area contributed by atoms with Crippen LogP contribution in [0.25, 0.3) is 0 Å². The van der Waals surface area contributed by atoms with E-state index in [2.05, 4.69) is 22.3 Å². The van der Waals surface area contributed by atoms with Crippen molar-refractivity contribution >= 4 is 17.3 Å². The van der Waals surface area contributed by atoms with Gasteiger partial charge >= 0.3 is 0 Å². The first-order chi connectivity index (χ1) is 6.83. The number of fused-ring (bicyclic) bond motifs is 2. The molecule has 0 amide bonds. The lowest BCUT2D eigenvalue weighted by molar-refractivity contribution is 0.226. The maximum absolute atomic E-state index is 6.16. The Morgan fingerprint density at radius 3 is 2.50 bits per heavy atom. The molecule has 2 bridgehead atoms. The van der Waals surface area contributed by atoms with Crippen molar-refractivity contribution in [3.63, 3.8) is 0 Å². The van der Waals surface area contributed by atoms with E-state index in [9.17, 15) is 0 Å². The van der Waals surface area contributed by atoms with Crippen LogP contribution in [0.4, 0.5) is 5.69 Å². The van der Waals surface area contributed by atoms with Crippen LogP contribution in [0.5, 0.6) is 0 Å². The Kier molecular flexibility index (Phi) is 1.92. The quantitative estimate of drug-likeness (QED) is 0.759.